The SMILES string of the molecule is CNCCC1C(=O)NCC(C)CN1C(C)(C)C. The smallest absolute Gasteiger partial charge is 0.237 e. The quantitative estimate of drug-likeness (QED) is 0.769. The van der Waals surface area contributed by atoms with Gasteiger partial charge in [0.25, 0.3) is 0 Å². The lowest BCUT2D eigenvalue weighted by atomic mass is 9.99. The summed E-state index contributed by atoms with van der Waals surface area (Å²) >= 11 is 0. The fourth-order valence-electron chi connectivity index (χ4n) is 2.37. The molecule has 1 aliphatic rings. The third kappa shape index (κ3) is 3.96. The van der Waals surface area contributed by atoms with Gasteiger partial charge in [-0.25, -0.2) is 0 Å². The number of nitrogens with one attached hydrogen (secondary N) is 2. The van der Waals surface area contributed by atoms with Crippen molar-refractivity contribution < 1.29 is 4.79 Å². The molecule has 0 aromatic rings. The van der Waals surface area contributed by atoms with Crippen molar-refractivity contribution in [3.63, 3.8) is 0 Å². The van der Waals surface area contributed by atoms with E-state index >= 15 is 0 Å². The van der Waals surface area contributed by atoms with Gasteiger partial charge in [0.1, 0.15) is 0 Å². The minimum absolute atomic E-state index is 0.00704. The standard InChI is InChI=1S/C13H27N3O/c1-10-8-15-12(17)11(6-7-14-5)16(9-10)13(2,3)4/h10-11,14H,6-9H2,1-5H3,(H,15,17). The molecule has 0 spiro atoms. The summed E-state index contributed by atoms with van der Waals surface area (Å²) in [5.41, 5.74) is 0.0361. The highest BCUT2D eigenvalue weighted by Crippen LogP contribution is 2.22. The summed E-state index contributed by atoms with van der Waals surface area (Å²) in [5, 5.41) is 6.18. The summed E-state index contributed by atoms with van der Waals surface area (Å²) in [7, 11) is 1.93. The van der Waals surface area contributed by atoms with Crippen molar-refractivity contribution in [3.8, 4) is 0 Å². The Bertz CT molecular complexity index is 260. The normalized spacial score (nSPS) is 27.7. The Morgan fingerprint density at radius 3 is 2.65 bits per heavy atom. The van der Waals surface area contributed by atoms with Gasteiger partial charge in [0, 0.05) is 18.6 Å². The molecular weight excluding hydrogens is 214 g/mol. The highest BCUT2D eigenvalue weighted by atomic mass is 16.2. The summed E-state index contributed by atoms with van der Waals surface area (Å²) in [6.07, 6.45) is 0.867. The zero-order valence-corrected chi connectivity index (χ0v) is 11.8. The number of nitrogens with zero attached hydrogens (tertiary/aromatic N) is 1. The molecule has 0 radical (unpaired) electrons. The third-order valence-electron chi connectivity index (χ3n) is 3.34. The third-order valence-corrected chi connectivity index (χ3v) is 3.34. The fourth-order valence-corrected chi connectivity index (χ4v) is 2.37. The van der Waals surface area contributed by atoms with Crippen molar-refractivity contribution in [2.24, 2.45) is 5.92 Å². The van der Waals surface area contributed by atoms with Crippen molar-refractivity contribution in [2.75, 3.05) is 26.7 Å². The Morgan fingerprint density at radius 2 is 2.12 bits per heavy atom. The first kappa shape index (κ1) is 14.5. The molecule has 0 aromatic heterocycles. The van der Waals surface area contributed by atoms with Gasteiger partial charge < -0.3 is 10.6 Å². The van der Waals surface area contributed by atoms with E-state index in [0.717, 1.165) is 26.1 Å². The summed E-state index contributed by atoms with van der Waals surface area (Å²) < 4.78 is 0. The first-order valence-electron chi connectivity index (χ1n) is 6.55. The zero-order chi connectivity index (χ0) is 13.1. The maximum absolute atomic E-state index is 12.1. The summed E-state index contributed by atoms with van der Waals surface area (Å²) in [4.78, 5) is 14.5. The van der Waals surface area contributed by atoms with Gasteiger partial charge in [0.2, 0.25) is 5.91 Å². The second kappa shape index (κ2) is 5.83. The van der Waals surface area contributed by atoms with Crippen LogP contribution in [0.25, 0.3) is 0 Å². The molecule has 0 aromatic carbocycles. The van der Waals surface area contributed by atoms with E-state index in [1.807, 2.05) is 7.05 Å². The van der Waals surface area contributed by atoms with E-state index in [1.165, 1.54) is 0 Å². The van der Waals surface area contributed by atoms with E-state index in [9.17, 15) is 4.79 Å². The molecule has 2 unspecified atom stereocenters. The molecule has 1 aliphatic heterocycles. The van der Waals surface area contributed by atoms with E-state index in [4.69, 9.17) is 0 Å². The summed E-state index contributed by atoms with van der Waals surface area (Å²) in [6, 6.07) is -0.00704. The summed E-state index contributed by atoms with van der Waals surface area (Å²) in [5.74, 6) is 0.692. The van der Waals surface area contributed by atoms with Gasteiger partial charge in [0.15, 0.2) is 0 Å². The largest absolute Gasteiger partial charge is 0.354 e. The maximum atomic E-state index is 12.1. The number of carbonyl (C=O) groups is 1. The van der Waals surface area contributed by atoms with Crippen LogP contribution in [0.2, 0.25) is 0 Å². The first-order chi connectivity index (χ1) is 7.86. The topological polar surface area (TPSA) is 44.4 Å². The molecule has 1 heterocycles. The van der Waals surface area contributed by atoms with Gasteiger partial charge in [-0.2, -0.15) is 0 Å². The van der Waals surface area contributed by atoms with Crippen molar-refractivity contribution in [3.05, 3.63) is 0 Å². The van der Waals surface area contributed by atoms with E-state index in [2.05, 4.69) is 43.2 Å². The molecule has 1 rings (SSSR count). The molecule has 17 heavy (non-hydrogen) atoms. The molecule has 0 aliphatic carbocycles. The Balaban J connectivity index is 2.85. The van der Waals surface area contributed by atoms with E-state index in [1.54, 1.807) is 0 Å². The highest BCUT2D eigenvalue weighted by molar-refractivity contribution is 5.82. The Hall–Kier alpha value is -0.610. The van der Waals surface area contributed by atoms with Crippen LogP contribution in [0.15, 0.2) is 0 Å². The Kier molecular flexibility index (Phi) is 4.95. The number of carbonyl (C=O) groups excluding carboxylic acids is 1. The lowest BCUT2D eigenvalue weighted by Crippen LogP contribution is -2.53. The Labute approximate surface area is 105 Å². The number of hydrogen-bond donors (Lipinski definition) is 2. The van der Waals surface area contributed by atoms with Crippen LogP contribution >= 0.6 is 0 Å². The lowest BCUT2D eigenvalue weighted by Gasteiger charge is -2.40. The van der Waals surface area contributed by atoms with Crippen molar-refractivity contribution in [2.45, 2.75) is 45.7 Å². The fraction of sp³-hybridized carbons (Fsp3) is 0.923. The minimum Gasteiger partial charge on any atom is -0.354 e. The number of rotatable bonds is 3. The molecule has 0 saturated carbocycles. The van der Waals surface area contributed by atoms with E-state index in [-0.39, 0.29) is 17.5 Å². The van der Waals surface area contributed by atoms with Crippen molar-refractivity contribution >= 4 is 5.91 Å². The second-order valence-electron chi connectivity index (χ2n) is 6.08. The molecule has 4 heteroatoms. The predicted molar refractivity (Wildman–Crippen MR) is 71.0 cm³/mol. The van der Waals surface area contributed by atoms with Crippen LogP contribution in [0, 0.1) is 5.92 Å². The van der Waals surface area contributed by atoms with Crippen LogP contribution in [-0.4, -0.2) is 49.1 Å². The van der Waals surface area contributed by atoms with Crippen molar-refractivity contribution in [1.82, 2.24) is 15.5 Å². The van der Waals surface area contributed by atoms with Gasteiger partial charge in [-0.05, 0) is 46.7 Å². The molecule has 1 fully saturated rings. The van der Waals surface area contributed by atoms with Gasteiger partial charge >= 0.3 is 0 Å². The predicted octanol–water partition coefficient (Wildman–Crippen LogP) is 0.831. The number of hydrogen-bond acceptors (Lipinski definition) is 3. The van der Waals surface area contributed by atoms with Gasteiger partial charge in [0.05, 0.1) is 6.04 Å². The van der Waals surface area contributed by atoms with Crippen LogP contribution in [0.5, 0.6) is 0 Å². The molecule has 2 atom stereocenters. The van der Waals surface area contributed by atoms with Crippen molar-refractivity contribution in [1.29, 1.82) is 0 Å². The van der Waals surface area contributed by atoms with Crippen LogP contribution in [0.1, 0.15) is 34.1 Å². The van der Waals surface area contributed by atoms with Gasteiger partial charge in [-0.15, -0.1) is 0 Å². The van der Waals surface area contributed by atoms with Gasteiger partial charge in [-0.3, -0.25) is 9.69 Å². The molecule has 100 valence electrons. The van der Waals surface area contributed by atoms with Crippen LogP contribution in [0.4, 0.5) is 0 Å². The average molecular weight is 241 g/mol. The first-order valence-corrected chi connectivity index (χ1v) is 6.55. The molecular formula is C13H27N3O. The molecule has 1 amide bonds. The van der Waals surface area contributed by atoms with Crippen LogP contribution in [0.3, 0.4) is 0 Å². The number of amides is 1. The molecule has 1 saturated heterocycles. The molecule has 2 N–H and O–H groups in total. The zero-order valence-electron chi connectivity index (χ0n) is 11.8. The Morgan fingerprint density at radius 1 is 1.47 bits per heavy atom. The van der Waals surface area contributed by atoms with Crippen LogP contribution < -0.4 is 10.6 Å². The van der Waals surface area contributed by atoms with E-state index in [0.29, 0.717) is 5.92 Å². The van der Waals surface area contributed by atoms with Gasteiger partial charge in [-0.1, -0.05) is 6.92 Å². The average Bonchev–Trinajstić information content (AvgIpc) is 2.36. The second-order valence-corrected chi connectivity index (χ2v) is 6.08. The molecule has 4 nitrogen and oxygen atoms in total. The summed E-state index contributed by atoms with van der Waals surface area (Å²) in [6.45, 7) is 11.4. The minimum atomic E-state index is -0.00704. The maximum Gasteiger partial charge on any atom is 0.237 e. The van der Waals surface area contributed by atoms with Crippen LogP contribution in [-0.2, 0) is 4.79 Å². The molecule has 0 bridgehead atoms. The monoisotopic (exact) mass is 241 g/mol. The lowest BCUT2D eigenvalue weighted by molar-refractivity contribution is -0.127. The highest BCUT2D eigenvalue weighted by Gasteiger charge is 2.36. The van der Waals surface area contributed by atoms with E-state index < -0.39 is 0 Å².